The number of aromatic nitrogens is 1. The van der Waals surface area contributed by atoms with Crippen LogP contribution in [-0.4, -0.2) is 25.2 Å². The Labute approximate surface area is 124 Å². The average Bonchev–Trinajstić information content (AvgIpc) is 2.51. The van der Waals surface area contributed by atoms with Crippen LogP contribution < -0.4 is 5.32 Å². The first-order valence-corrected chi connectivity index (χ1v) is 7.59. The van der Waals surface area contributed by atoms with Crippen molar-refractivity contribution in [3.8, 4) is 0 Å². The molecule has 1 aromatic carbocycles. The Morgan fingerprint density at radius 1 is 1.29 bits per heavy atom. The lowest BCUT2D eigenvalue weighted by Gasteiger charge is -2.21. The van der Waals surface area contributed by atoms with Crippen LogP contribution in [0.3, 0.4) is 0 Å². The molecule has 0 atom stereocenters. The number of fused-ring (bicyclic) bond motifs is 2. The van der Waals surface area contributed by atoms with Crippen molar-refractivity contribution in [2.75, 3.05) is 20.3 Å². The van der Waals surface area contributed by atoms with Crippen molar-refractivity contribution in [2.24, 2.45) is 0 Å². The van der Waals surface area contributed by atoms with Gasteiger partial charge in [-0.3, -0.25) is 4.98 Å². The summed E-state index contributed by atoms with van der Waals surface area (Å²) >= 11 is 0. The Bertz CT molecular complexity index is 642. The molecule has 3 rings (SSSR count). The topological polar surface area (TPSA) is 34.1 Å². The molecule has 21 heavy (non-hydrogen) atoms. The minimum Gasteiger partial charge on any atom is -0.383 e. The van der Waals surface area contributed by atoms with Crippen molar-refractivity contribution in [1.29, 1.82) is 0 Å². The highest BCUT2D eigenvalue weighted by atomic mass is 19.1. The zero-order valence-electron chi connectivity index (χ0n) is 12.4. The van der Waals surface area contributed by atoms with Crippen molar-refractivity contribution in [3.05, 3.63) is 40.8 Å². The molecule has 0 radical (unpaired) electrons. The monoisotopic (exact) mass is 288 g/mol. The predicted molar refractivity (Wildman–Crippen MR) is 81.9 cm³/mol. The molecule has 1 aliphatic rings. The summed E-state index contributed by atoms with van der Waals surface area (Å²) in [6.07, 6.45) is 4.48. The van der Waals surface area contributed by atoms with Gasteiger partial charge in [-0.15, -0.1) is 0 Å². The van der Waals surface area contributed by atoms with Crippen LogP contribution in [0.15, 0.2) is 18.2 Å². The average molecular weight is 288 g/mol. The second-order valence-corrected chi connectivity index (χ2v) is 5.55. The van der Waals surface area contributed by atoms with E-state index in [1.54, 1.807) is 19.2 Å². The normalized spacial score (nSPS) is 14.4. The molecule has 3 nitrogen and oxygen atoms in total. The van der Waals surface area contributed by atoms with Gasteiger partial charge >= 0.3 is 0 Å². The molecule has 0 bridgehead atoms. The van der Waals surface area contributed by atoms with Gasteiger partial charge in [0.2, 0.25) is 0 Å². The third-order valence-corrected chi connectivity index (χ3v) is 4.13. The summed E-state index contributed by atoms with van der Waals surface area (Å²) in [6.45, 7) is 2.22. The van der Waals surface area contributed by atoms with Crippen LogP contribution in [0.25, 0.3) is 10.9 Å². The molecule has 0 spiro atoms. The summed E-state index contributed by atoms with van der Waals surface area (Å²) in [7, 11) is 1.70. The van der Waals surface area contributed by atoms with E-state index < -0.39 is 0 Å². The van der Waals surface area contributed by atoms with Crippen LogP contribution in [-0.2, 0) is 24.1 Å². The van der Waals surface area contributed by atoms with Gasteiger partial charge in [-0.05, 0) is 55.0 Å². The second kappa shape index (κ2) is 6.50. The van der Waals surface area contributed by atoms with Crippen LogP contribution in [0.4, 0.5) is 4.39 Å². The molecule has 0 aliphatic heterocycles. The smallest absolute Gasteiger partial charge is 0.123 e. The van der Waals surface area contributed by atoms with Crippen molar-refractivity contribution in [2.45, 2.75) is 32.2 Å². The Balaban J connectivity index is 2.01. The highest BCUT2D eigenvalue weighted by molar-refractivity contribution is 5.84. The first-order chi connectivity index (χ1) is 10.3. The molecular formula is C17H21FN2O. The first kappa shape index (κ1) is 14.4. The van der Waals surface area contributed by atoms with Crippen molar-refractivity contribution >= 4 is 10.9 Å². The molecule has 0 saturated carbocycles. The molecule has 2 aromatic rings. The Hall–Kier alpha value is -1.52. The number of halogens is 1. The highest BCUT2D eigenvalue weighted by Gasteiger charge is 2.18. The highest BCUT2D eigenvalue weighted by Crippen LogP contribution is 2.29. The fourth-order valence-corrected chi connectivity index (χ4v) is 3.08. The first-order valence-electron chi connectivity index (χ1n) is 7.59. The van der Waals surface area contributed by atoms with E-state index in [1.165, 1.54) is 35.7 Å². The third-order valence-electron chi connectivity index (χ3n) is 4.13. The van der Waals surface area contributed by atoms with E-state index in [0.717, 1.165) is 36.8 Å². The summed E-state index contributed by atoms with van der Waals surface area (Å²) in [6, 6.07) is 4.90. The lowest BCUT2D eigenvalue weighted by Crippen LogP contribution is -2.21. The van der Waals surface area contributed by atoms with E-state index in [2.05, 4.69) is 5.32 Å². The summed E-state index contributed by atoms with van der Waals surface area (Å²) in [5.74, 6) is -0.196. The van der Waals surface area contributed by atoms with Crippen LogP contribution in [0.1, 0.15) is 29.7 Å². The number of benzene rings is 1. The number of aryl methyl sites for hydroxylation is 1. The number of hydrogen-bond acceptors (Lipinski definition) is 3. The minimum absolute atomic E-state index is 0.196. The van der Waals surface area contributed by atoms with E-state index in [4.69, 9.17) is 9.72 Å². The maximum Gasteiger partial charge on any atom is 0.123 e. The molecule has 0 fully saturated rings. The maximum absolute atomic E-state index is 13.6. The lowest BCUT2D eigenvalue weighted by molar-refractivity contribution is 0.199. The van der Waals surface area contributed by atoms with Gasteiger partial charge in [-0.2, -0.15) is 0 Å². The molecule has 1 N–H and O–H groups in total. The Kier molecular flexibility index (Phi) is 4.46. The largest absolute Gasteiger partial charge is 0.383 e. The molecule has 1 heterocycles. The minimum atomic E-state index is -0.196. The van der Waals surface area contributed by atoms with Crippen molar-refractivity contribution in [1.82, 2.24) is 10.3 Å². The molecule has 0 saturated heterocycles. The summed E-state index contributed by atoms with van der Waals surface area (Å²) in [5, 5.41) is 4.33. The van der Waals surface area contributed by atoms with Gasteiger partial charge in [-0.1, -0.05) is 0 Å². The number of hydrogen-bond donors (Lipinski definition) is 1. The van der Waals surface area contributed by atoms with E-state index in [0.29, 0.717) is 6.61 Å². The quantitative estimate of drug-likeness (QED) is 0.859. The van der Waals surface area contributed by atoms with Gasteiger partial charge in [0, 0.05) is 31.3 Å². The van der Waals surface area contributed by atoms with Gasteiger partial charge in [0.1, 0.15) is 5.82 Å². The zero-order chi connectivity index (χ0) is 14.7. The predicted octanol–water partition coefficient (Wildman–Crippen LogP) is 2.99. The van der Waals surface area contributed by atoms with Gasteiger partial charge < -0.3 is 10.1 Å². The number of pyridine rings is 1. The molecule has 4 heteroatoms. The molecule has 0 amide bonds. The molecule has 1 aliphatic carbocycles. The van der Waals surface area contributed by atoms with Crippen LogP contribution in [0.2, 0.25) is 0 Å². The van der Waals surface area contributed by atoms with Gasteiger partial charge in [0.05, 0.1) is 12.1 Å². The van der Waals surface area contributed by atoms with Crippen molar-refractivity contribution < 1.29 is 9.13 Å². The number of nitrogens with zero attached hydrogens (tertiary/aromatic N) is 1. The Morgan fingerprint density at radius 2 is 2.14 bits per heavy atom. The second-order valence-electron chi connectivity index (χ2n) is 5.55. The zero-order valence-corrected chi connectivity index (χ0v) is 12.4. The summed E-state index contributed by atoms with van der Waals surface area (Å²) in [5.41, 5.74) is 4.64. The standard InChI is InChI=1S/C17H21FN2O/c1-21-9-8-19-11-15-13-4-2-3-5-16(13)20-17-7-6-12(18)10-14(15)17/h6-7,10,19H,2-5,8-9,11H2,1H3. The molecule has 1 aromatic heterocycles. The number of methoxy groups -OCH3 is 1. The van der Waals surface area contributed by atoms with E-state index in [-0.39, 0.29) is 5.82 Å². The summed E-state index contributed by atoms with van der Waals surface area (Å²) in [4.78, 5) is 4.74. The van der Waals surface area contributed by atoms with E-state index >= 15 is 0 Å². The fourth-order valence-electron chi connectivity index (χ4n) is 3.08. The van der Waals surface area contributed by atoms with Crippen LogP contribution >= 0.6 is 0 Å². The van der Waals surface area contributed by atoms with E-state index in [9.17, 15) is 4.39 Å². The molecular weight excluding hydrogens is 267 g/mol. The SMILES string of the molecule is COCCNCc1c2c(nc3ccc(F)cc13)CCCC2. The Morgan fingerprint density at radius 3 is 3.00 bits per heavy atom. The van der Waals surface area contributed by atoms with Crippen molar-refractivity contribution in [3.63, 3.8) is 0 Å². The van der Waals surface area contributed by atoms with Crippen LogP contribution in [0, 0.1) is 5.82 Å². The fraction of sp³-hybridized carbons (Fsp3) is 0.471. The van der Waals surface area contributed by atoms with Gasteiger partial charge in [0.15, 0.2) is 0 Å². The lowest BCUT2D eigenvalue weighted by atomic mass is 9.90. The van der Waals surface area contributed by atoms with E-state index in [1.807, 2.05) is 0 Å². The number of ether oxygens (including phenoxy) is 1. The summed E-state index contributed by atoms with van der Waals surface area (Å²) < 4.78 is 18.7. The third kappa shape index (κ3) is 3.06. The van der Waals surface area contributed by atoms with Gasteiger partial charge in [0.25, 0.3) is 0 Å². The van der Waals surface area contributed by atoms with Gasteiger partial charge in [-0.25, -0.2) is 4.39 Å². The number of nitrogens with one attached hydrogen (secondary N) is 1. The molecule has 0 unspecified atom stereocenters. The number of rotatable bonds is 5. The van der Waals surface area contributed by atoms with Crippen LogP contribution in [0.5, 0.6) is 0 Å². The molecule has 112 valence electrons. The maximum atomic E-state index is 13.6.